The van der Waals surface area contributed by atoms with Crippen molar-refractivity contribution in [1.82, 2.24) is 4.90 Å². The maximum Gasteiger partial charge on any atom is 0.0664 e. The van der Waals surface area contributed by atoms with Gasteiger partial charge in [-0.15, -0.1) is 0 Å². The van der Waals surface area contributed by atoms with E-state index in [1.165, 1.54) is 0 Å². The fourth-order valence-corrected chi connectivity index (χ4v) is 2.91. The molecule has 0 aromatic carbocycles. The van der Waals surface area contributed by atoms with E-state index in [1.54, 1.807) is 0 Å². The van der Waals surface area contributed by atoms with Gasteiger partial charge in [-0.3, -0.25) is 4.90 Å². The number of hydrogen-bond acceptors (Lipinski definition) is 3. The van der Waals surface area contributed by atoms with Gasteiger partial charge in [0.25, 0.3) is 0 Å². The van der Waals surface area contributed by atoms with Crippen LogP contribution in [0, 0.1) is 11.8 Å². The van der Waals surface area contributed by atoms with Crippen LogP contribution in [-0.4, -0.2) is 46.5 Å². The van der Waals surface area contributed by atoms with Gasteiger partial charge in [0.1, 0.15) is 0 Å². The van der Waals surface area contributed by atoms with E-state index in [2.05, 4.69) is 11.8 Å². The molecule has 82 valence electrons. The van der Waals surface area contributed by atoms with Crippen LogP contribution in [0.3, 0.4) is 0 Å². The van der Waals surface area contributed by atoms with Crippen molar-refractivity contribution >= 4 is 0 Å². The first-order chi connectivity index (χ1) is 6.59. The van der Waals surface area contributed by atoms with Crippen LogP contribution in [0.5, 0.6) is 0 Å². The van der Waals surface area contributed by atoms with Crippen molar-refractivity contribution in [3.63, 3.8) is 0 Å². The zero-order chi connectivity index (χ0) is 10.3. The molecule has 1 heterocycles. The highest BCUT2D eigenvalue weighted by Crippen LogP contribution is 2.38. The first-order valence-corrected chi connectivity index (χ1v) is 5.69. The molecule has 5 atom stereocenters. The number of hydrogen-bond donors (Lipinski definition) is 2. The zero-order valence-electron chi connectivity index (χ0n) is 9.06. The van der Waals surface area contributed by atoms with Gasteiger partial charge >= 0.3 is 0 Å². The Labute approximate surface area is 85.7 Å². The van der Waals surface area contributed by atoms with Gasteiger partial charge in [-0.05, 0) is 32.6 Å². The van der Waals surface area contributed by atoms with Gasteiger partial charge in [0.05, 0.1) is 12.2 Å². The monoisotopic (exact) mass is 199 g/mol. The summed E-state index contributed by atoms with van der Waals surface area (Å²) in [5, 5.41) is 19.3. The third-order valence-electron chi connectivity index (χ3n) is 4.12. The summed E-state index contributed by atoms with van der Waals surface area (Å²) in [4.78, 5) is 2.32. The lowest BCUT2D eigenvalue weighted by Crippen LogP contribution is -2.39. The maximum atomic E-state index is 9.75. The van der Waals surface area contributed by atoms with E-state index in [0.29, 0.717) is 11.8 Å². The summed E-state index contributed by atoms with van der Waals surface area (Å²) in [6, 6.07) is 0.229. The summed E-state index contributed by atoms with van der Waals surface area (Å²) in [6.45, 7) is 5.94. The molecule has 5 unspecified atom stereocenters. The Bertz CT molecular complexity index is 207. The second kappa shape index (κ2) is 3.80. The number of fused-ring (bicyclic) bond motifs is 1. The second-order valence-electron chi connectivity index (χ2n) is 5.00. The fraction of sp³-hybridized carbons (Fsp3) is 1.00. The van der Waals surface area contributed by atoms with Crippen LogP contribution in [0.4, 0.5) is 0 Å². The molecule has 1 aliphatic heterocycles. The Hall–Kier alpha value is -0.120. The molecule has 0 amide bonds. The number of rotatable bonds is 2. The molecular weight excluding hydrogens is 178 g/mol. The van der Waals surface area contributed by atoms with Crippen LogP contribution in [-0.2, 0) is 0 Å². The highest BCUT2D eigenvalue weighted by molar-refractivity contribution is 4.95. The van der Waals surface area contributed by atoms with E-state index in [1.807, 2.05) is 6.92 Å². The minimum absolute atomic E-state index is 0.0915. The molecule has 3 heteroatoms. The molecule has 0 aromatic heterocycles. The first kappa shape index (κ1) is 10.4. The topological polar surface area (TPSA) is 43.7 Å². The molecule has 0 radical (unpaired) electrons. The van der Waals surface area contributed by atoms with Gasteiger partial charge in [-0.25, -0.2) is 0 Å². The van der Waals surface area contributed by atoms with E-state index in [-0.39, 0.29) is 18.2 Å². The summed E-state index contributed by atoms with van der Waals surface area (Å²) >= 11 is 0. The lowest BCUT2D eigenvalue weighted by atomic mass is 10.00. The standard InChI is InChI=1S/C11H21NO2/c1-7(8(2)13)12-5-9-3-4-11(14)10(9)6-12/h7-11,13-14H,3-6H2,1-2H3. The molecule has 2 fully saturated rings. The lowest BCUT2D eigenvalue weighted by Gasteiger charge is -2.27. The molecule has 2 N–H and O–H groups in total. The number of aliphatic hydroxyl groups excluding tert-OH is 2. The average Bonchev–Trinajstić information content (AvgIpc) is 2.67. The van der Waals surface area contributed by atoms with Crippen LogP contribution in [0.25, 0.3) is 0 Å². The molecule has 2 rings (SSSR count). The van der Waals surface area contributed by atoms with Crippen molar-refractivity contribution < 1.29 is 10.2 Å². The van der Waals surface area contributed by atoms with Crippen LogP contribution < -0.4 is 0 Å². The number of likely N-dealkylation sites (tertiary alicyclic amines) is 1. The third kappa shape index (κ3) is 1.69. The number of nitrogens with zero attached hydrogens (tertiary/aromatic N) is 1. The van der Waals surface area contributed by atoms with Crippen LogP contribution in [0.2, 0.25) is 0 Å². The molecular formula is C11H21NO2. The van der Waals surface area contributed by atoms with Crippen molar-refractivity contribution in [3.8, 4) is 0 Å². The van der Waals surface area contributed by atoms with Crippen molar-refractivity contribution in [2.45, 2.75) is 44.9 Å². The SMILES string of the molecule is CC(O)C(C)N1CC2CCC(O)C2C1. The Morgan fingerprint density at radius 3 is 2.50 bits per heavy atom. The van der Waals surface area contributed by atoms with Gasteiger partial charge in [-0.2, -0.15) is 0 Å². The van der Waals surface area contributed by atoms with Crippen molar-refractivity contribution in [2.24, 2.45) is 11.8 Å². The first-order valence-electron chi connectivity index (χ1n) is 5.69. The molecule has 2 aliphatic rings. The highest BCUT2D eigenvalue weighted by atomic mass is 16.3. The van der Waals surface area contributed by atoms with E-state index < -0.39 is 0 Å². The van der Waals surface area contributed by atoms with Gasteiger partial charge in [0.2, 0.25) is 0 Å². The Morgan fingerprint density at radius 2 is 1.93 bits per heavy atom. The predicted molar refractivity (Wildman–Crippen MR) is 54.9 cm³/mol. The van der Waals surface area contributed by atoms with E-state index in [4.69, 9.17) is 0 Å². The van der Waals surface area contributed by atoms with Crippen molar-refractivity contribution in [1.29, 1.82) is 0 Å². The van der Waals surface area contributed by atoms with Crippen LogP contribution in [0.15, 0.2) is 0 Å². The zero-order valence-corrected chi connectivity index (χ0v) is 9.06. The molecule has 14 heavy (non-hydrogen) atoms. The second-order valence-corrected chi connectivity index (χ2v) is 5.00. The highest BCUT2D eigenvalue weighted by Gasteiger charge is 2.43. The Morgan fingerprint density at radius 1 is 1.21 bits per heavy atom. The molecule has 3 nitrogen and oxygen atoms in total. The molecule has 0 spiro atoms. The largest absolute Gasteiger partial charge is 0.393 e. The third-order valence-corrected chi connectivity index (χ3v) is 4.12. The van der Waals surface area contributed by atoms with Gasteiger partial charge < -0.3 is 10.2 Å². The van der Waals surface area contributed by atoms with E-state index in [9.17, 15) is 10.2 Å². The quantitative estimate of drug-likeness (QED) is 0.679. The minimum atomic E-state index is -0.272. The van der Waals surface area contributed by atoms with Crippen LogP contribution in [0.1, 0.15) is 26.7 Å². The lowest BCUT2D eigenvalue weighted by molar-refractivity contribution is 0.0696. The van der Waals surface area contributed by atoms with Gasteiger partial charge in [0, 0.05) is 25.0 Å². The van der Waals surface area contributed by atoms with Crippen molar-refractivity contribution in [3.05, 3.63) is 0 Å². The summed E-state index contributed by atoms with van der Waals surface area (Å²) in [5.74, 6) is 1.14. The molecule has 0 bridgehead atoms. The smallest absolute Gasteiger partial charge is 0.0664 e. The van der Waals surface area contributed by atoms with Crippen molar-refractivity contribution in [2.75, 3.05) is 13.1 Å². The molecule has 0 aromatic rings. The summed E-state index contributed by atoms with van der Waals surface area (Å²) in [5.41, 5.74) is 0. The molecule has 1 aliphatic carbocycles. The Balaban J connectivity index is 1.95. The number of aliphatic hydroxyl groups is 2. The van der Waals surface area contributed by atoms with E-state index in [0.717, 1.165) is 25.9 Å². The minimum Gasteiger partial charge on any atom is -0.393 e. The summed E-state index contributed by atoms with van der Waals surface area (Å²) < 4.78 is 0. The molecule has 1 saturated heterocycles. The predicted octanol–water partition coefficient (Wildman–Crippen LogP) is 0.458. The molecule has 1 saturated carbocycles. The van der Waals surface area contributed by atoms with Crippen LogP contribution >= 0.6 is 0 Å². The fourth-order valence-electron chi connectivity index (χ4n) is 2.91. The summed E-state index contributed by atoms with van der Waals surface area (Å²) in [7, 11) is 0. The summed E-state index contributed by atoms with van der Waals surface area (Å²) in [6.07, 6.45) is 1.78. The van der Waals surface area contributed by atoms with Gasteiger partial charge in [-0.1, -0.05) is 0 Å². The Kier molecular flexibility index (Phi) is 2.82. The van der Waals surface area contributed by atoms with E-state index >= 15 is 0 Å². The maximum absolute atomic E-state index is 9.75. The average molecular weight is 199 g/mol. The van der Waals surface area contributed by atoms with Gasteiger partial charge in [0.15, 0.2) is 0 Å². The normalized spacial score (nSPS) is 42.4.